The third-order valence-corrected chi connectivity index (χ3v) is 5.26. The lowest BCUT2D eigenvalue weighted by Crippen LogP contribution is -2.39. The predicted octanol–water partition coefficient (Wildman–Crippen LogP) is 0.711. The molecule has 1 aromatic heterocycles. The van der Waals surface area contributed by atoms with Crippen molar-refractivity contribution in [2.75, 3.05) is 32.5 Å². The number of nitrogen functional groups attached to an aromatic ring is 1. The van der Waals surface area contributed by atoms with Crippen LogP contribution in [0.1, 0.15) is 12.8 Å². The molecule has 0 saturated carbocycles. The van der Waals surface area contributed by atoms with Crippen LogP contribution in [0.5, 0.6) is 0 Å². The van der Waals surface area contributed by atoms with Crippen molar-refractivity contribution in [3.05, 3.63) is 18.3 Å². The number of sulfonamides is 1. The molecular weight excluding hydrogens is 266 g/mol. The lowest BCUT2D eigenvalue weighted by atomic mass is 9.99. The molecule has 1 saturated heterocycles. The van der Waals surface area contributed by atoms with E-state index in [1.807, 2.05) is 0 Å². The third kappa shape index (κ3) is 3.23. The number of hydrogen-bond acceptors (Lipinski definition) is 5. The summed E-state index contributed by atoms with van der Waals surface area (Å²) in [7, 11) is -1.78. The van der Waals surface area contributed by atoms with Crippen molar-refractivity contribution >= 4 is 15.8 Å². The number of anilines is 1. The fourth-order valence-electron chi connectivity index (χ4n) is 2.29. The van der Waals surface area contributed by atoms with E-state index >= 15 is 0 Å². The van der Waals surface area contributed by atoms with Gasteiger partial charge in [-0.3, -0.25) is 0 Å². The van der Waals surface area contributed by atoms with Gasteiger partial charge in [0.1, 0.15) is 5.82 Å². The number of pyridine rings is 1. The average Bonchev–Trinajstić information content (AvgIpc) is 2.40. The van der Waals surface area contributed by atoms with Crippen LogP contribution >= 0.6 is 0 Å². The first-order chi connectivity index (χ1) is 9.04. The summed E-state index contributed by atoms with van der Waals surface area (Å²) in [5, 5.41) is 0. The average molecular weight is 285 g/mol. The van der Waals surface area contributed by atoms with Gasteiger partial charge in [0.2, 0.25) is 10.0 Å². The number of aromatic nitrogens is 1. The molecular formula is C12H19N3O3S. The molecule has 1 aliphatic rings. The summed E-state index contributed by atoms with van der Waals surface area (Å²) >= 11 is 0. The number of rotatable bonds is 4. The van der Waals surface area contributed by atoms with Crippen molar-refractivity contribution in [3.8, 4) is 0 Å². The van der Waals surface area contributed by atoms with Gasteiger partial charge in [0, 0.05) is 39.1 Å². The van der Waals surface area contributed by atoms with Gasteiger partial charge in [-0.25, -0.2) is 13.4 Å². The largest absolute Gasteiger partial charge is 0.384 e. The summed E-state index contributed by atoms with van der Waals surface area (Å²) in [5.74, 6) is 0.661. The second kappa shape index (κ2) is 5.85. The van der Waals surface area contributed by atoms with Crippen LogP contribution in [0, 0.1) is 5.92 Å². The fourth-order valence-corrected chi connectivity index (χ4v) is 3.78. The van der Waals surface area contributed by atoms with Gasteiger partial charge in [0.25, 0.3) is 0 Å². The van der Waals surface area contributed by atoms with Crippen LogP contribution in [-0.4, -0.2) is 44.5 Å². The highest BCUT2D eigenvalue weighted by molar-refractivity contribution is 7.89. The summed E-state index contributed by atoms with van der Waals surface area (Å²) in [4.78, 5) is 4.03. The molecule has 0 bridgehead atoms. The van der Waals surface area contributed by atoms with Gasteiger partial charge in [0.15, 0.2) is 0 Å². The number of nitrogens with zero attached hydrogens (tertiary/aromatic N) is 2. The SMILES string of the molecule is COCC1CCN(S(=O)(=O)c2ccnc(N)c2)CC1. The highest BCUT2D eigenvalue weighted by Crippen LogP contribution is 2.24. The maximum Gasteiger partial charge on any atom is 0.243 e. The molecule has 7 heteroatoms. The summed E-state index contributed by atoms with van der Waals surface area (Å²) in [6, 6.07) is 2.88. The molecule has 1 aromatic rings. The van der Waals surface area contributed by atoms with Crippen molar-refractivity contribution < 1.29 is 13.2 Å². The van der Waals surface area contributed by atoms with Gasteiger partial charge in [0.05, 0.1) is 4.90 Å². The molecule has 0 amide bonds. The van der Waals surface area contributed by atoms with Crippen molar-refractivity contribution in [1.82, 2.24) is 9.29 Å². The summed E-state index contributed by atoms with van der Waals surface area (Å²) in [5.41, 5.74) is 5.54. The van der Waals surface area contributed by atoms with E-state index < -0.39 is 10.0 Å². The van der Waals surface area contributed by atoms with Crippen LogP contribution in [0.3, 0.4) is 0 Å². The van der Waals surface area contributed by atoms with Crippen molar-refractivity contribution in [2.24, 2.45) is 5.92 Å². The summed E-state index contributed by atoms with van der Waals surface area (Å²) in [6.07, 6.45) is 3.07. The second-order valence-corrected chi connectivity index (χ2v) is 6.66. The third-order valence-electron chi connectivity index (χ3n) is 3.37. The summed E-state index contributed by atoms with van der Waals surface area (Å²) < 4.78 is 31.4. The van der Waals surface area contributed by atoms with E-state index in [1.54, 1.807) is 7.11 Å². The lowest BCUT2D eigenvalue weighted by molar-refractivity contribution is 0.121. The zero-order valence-corrected chi connectivity index (χ0v) is 11.8. The first kappa shape index (κ1) is 14.2. The first-order valence-corrected chi connectivity index (χ1v) is 7.68. The molecule has 1 fully saturated rings. The number of nitrogens with two attached hydrogens (primary N) is 1. The van der Waals surface area contributed by atoms with Gasteiger partial charge in [-0.2, -0.15) is 4.31 Å². The Hall–Kier alpha value is -1.18. The topological polar surface area (TPSA) is 85.5 Å². The van der Waals surface area contributed by atoms with Gasteiger partial charge in [-0.05, 0) is 24.8 Å². The Labute approximate surface area is 113 Å². The van der Waals surface area contributed by atoms with Crippen LogP contribution < -0.4 is 5.73 Å². The Bertz CT molecular complexity index is 525. The van der Waals surface area contributed by atoms with Crippen LogP contribution in [0.25, 0.3) is 0 Å². The van der Waals surface area contributed by atoms with Gasteiger partial charge in [-0.15, -0.1) is 0 Å². The molecule has 2 N–H and O–H groups in total. The van der Waals surface area contributed by atoms with Crippen LogP contribution in [0.15, 0.2) is 23.2 Å². The predicted molar refractivity (Wildman–Crippen MR) is 72.0 cm³/mol. The molecule has 0 aromatic carbocycles. The highest BCUT2D eigenvalue weighted by atomic mass is 32.2. The smallest absolute Gasteiger partial charge is 0.243 e. The maximum atomic E-state index is 12.4. The zero-order chi connectivity index (χ0) is 13.9. The molecule has 1 aliphatic heterocycles. The highest BCUT2D eigenvalue weighted by Gasteiger charge is 2.29. The molecule has 2 rings (SSSR count). The molecule has 0 spiro atoms. The zero-order valence-electron chi connectivity index (χ0n) is 10.9. The Morgan fingerprint density at radius 2 is 2.16 bits per heavy atom. The minimum absolute atomic E-state index is 0.213. The van der Waals surface area contributed by atoms with Crippen LogP contribution in [-0.2, 0) is 14.8 Å². The standard InChI is InChI=1S/C12H19N3O3S/c1-18-9-10-3-6-15(7-4-10)19(16,17)11-2-5-14-12(13)8-11/h2,5,8,10H,3-4,6-7,9H2,1H3,(H2,13,14). The van der Waals surface area contributed by atoms with E-state index in [2.05, 4.69) is 4.98 Å². The van der Waals surface area contributed by atoms with E-state index in [0.717, 1.165) is 12.8 Å². The number of piperidine rings is 1. The number of hydrogen-bond donors (Lipinski definition) is 1. The minimum Gasteiger partial charge on any atom is -0.384 e. The van der Waals surface area contributed by atoms with E-state index in [-0.39, 0.29) is 10.7 Å². The normalized spacial score (nSPS) is 18.6. The molecule has 0 atom stereocenters. The van der Waals surface area contributed by atoms with Gasteiger partial charge in [-0.1, -0.05) is 0 Å². The number of methoxy groups -OCH3 is 1. The fraction of sp³-hybridized carbons (Fsp3) is 0.583. The molecule has 106 valence electrons. The molecule has 6 nitrogen and oxygen atoms in total. The molecule has 0 unspecified atom stereocenters. The van der Waals surface area contributed by atoms with Crippen molar-refractivity contribution in [1.29, 1.82) is 0 Å². The second-order valence-electron chi connectivity index (χ2n) is 4.72. The van der Waals surface area contributed by atoms with E-state index in [1.165, 1.54) is 22.6 Å². The Kier molecular flexibility index (Phi) is 4.38. The minimum atomic E-state index is -3.45. The maximum absolute atomic E-state index is 12.4. The Balaban J connectivity index is 2.10. The Morgan fingerprint density at radius 1 is 1.47 bits per heavy atom. The Morgan fingerprint density at radius 3 is 2.74 bits per heavy atom. The molecule has 2 heterocycles. The van der Waals surface area contributed by atoms with Crippen LogP contribution in [0.4, 0.5) is 5.82 Å². The van der Waals surface area contributed by atoms with Gasteiger partial charge < -0.3 is 10.5 Å². The van der Waals surface area contributed by atoms with Gasteiger partial charge >= 0.3 is 0 Å². The lowest BCUT2D eigenvalue weighted by Gasteiger charge is -2.30. The number of ether oxygens (including phenoxy) is 1. The molecule has 19 heavy (non-hydrogen) atoms. The monoisotopic (exact) mass is 285 g/mol. The van der Waals surface area contributed by atoms with E-state index in [9.17, 15) is 8.42 Å². The van der Waals surface area contributed by atoms with E-state index in [0.29, 0.717) is 25.6 Å². The quantitative estimate of drug-likeness (QED) is 0.880. The van der Waals surface area contributed by atoms with Crippen molar-refractivity contribution in [3.63, 3.8) is 0 Å². The molecule has 0 aliphatic carbocycles. The molecule has 0 radical (unpaired) electrons. The first-order valence-electron chi connectivity index (χ1n) is 6.24. The van der Waals surface area contributed by atoms with Crippen LogP contribution in [0.2, 0.25) is 0 Å². The summed E-state index contributed by atoms with van der Waals surface area (Å²) in [6.45, 7) is 1.74. The van der Waals surface area contributed by atoms with E-state index in [4.69, 9.17) is 10.5 Å². The van der Waals surface area contributed by atoms with Crippen molar-refractivity contribution in [2.45, 2.75) is 17.7 Å².